The Bertz CT molecular complexity index is 410. The van der Waals surface area contributed by atoms with Gasteiger partial charge >= 0.3 is 0 Å². The SMILES string of the molecule is C=CCC(N)C(=O)Nc1ncc(Br)nc1Br. The molecule has 0 fully saturated rings. The molecule has 1 aromatic rings. The zero-order valence-electron chi connectivity index (χ0n) is 8.28. The van der Waals surface area contributed by atoms with Crippen molar-refractivity contribution in [3.8, 4) is 0 Å². The van der Waals surface area contributed by atoms with Gasteiger partial charge in [-0.15, -0.1) is 6.58 Å². The summed E-state index contributed by atoms with van der Waals surface area (Å²) in [6.07, 6.45) is 3.49. The second kappa shape index (κ2) is 6.07. The number of hydrogen-bond donors (Lipinski definition) is 2. The topological polar surface area (TPSA) is 80.9 Å². The molecule has 1 aromatic heterocycles. The van der Waals surface area contributed by atoms with Gasteiger partial charge in [-0.1, -0.05) is 6.08 Å². The second-order valence-electron chi connectivity index (χ2n) is 2.95. The Balaban J connectivity index is 2.73. The second-order valence-corrected chi connectivity index (χ2v) is 4.52. The van der Waals surface area contributed by atoms with Crippen molar-refractivity contribution in [2.75, 3.05) is 5.32 Å². The number of anilines is 1. The molecule has 3 N–H and O–H groups in total. The maximum atomic E-state index is 11.6. The lowest BCUT2D eigenvalue weighted by atomic mass is 10.2. The lowest BCUT2D eigenvalue weighted by Crippen LogP contribution is -2.35. The van der Waals surface area contributed by atoms with Crippen LogP contribution in [0.4, 0.5) is 5.82 Å². The fourth-order valence-corrected chi connectivity index (χ4v) is 1.84. The summed E-state index contributed by atoms with van der Waals surface area (Å²) in [5.41, 5.74) is 5.60. The van der Waals surface area contributed by atoms with E-state index in [4.69, 9.17) is 5.73 Å². The highest BCUT2D eigenvalue weighted by Crippen LogP contribution is 2.19. The third kappa shape index (κ3) is 3.66. The Hall–Kier alpha value is -0.790. The summed E-state index contributed by atoms with van der Waals surface area (Å²) in [7, 11) is 0. The number of amides is 1. The van der Waals surface area contributed by atoms with E-state index >= 15 is 0 Å². The van der Waals surface area contributed by atoms with E-state index in [0.29, 0.717) is 21.4 Å². The molecular formula is C9H10Br2N4O. The Morgan fingerprint density at radius 1 is 1.69 bits per heavy atom. The molecular weight excluding hydrogens is 340 g/mol. The van der Waals surface area contributed by atoms with Crippen molar-refractivity contribution >= 4 is 43.6 Å². The van der Waals surface area contributed by atoms with Crippen LogP contribution in [0.2, 0.25) is 0 Å². The summed E-state index contributed by atoms with van der Waals surface area (Å²) in [5.74, 6) is 0.0185. The van der Waals surface area contributed by atoms with Gasteiger partial charge in [0.1, 0.15) is 9.21 Å². The van der Waals surface area contributed by atoms with Crippen LogP contribution < -0.4 is 11.1 Å². The van der Waals surface area contributed by atoms with Crippen molar-refractivity contribution in [1.29, 1.82) is 0 Å². The standard InChI is InChI=1S/C9H10Br2N4O/c1-2-3-5(12)9(16)15-8-7(11)14-6(10)4-13-8/h2,4-5H,1,3,12H2,(H,13,15,16). The van der Waals surface area contributed by atoms with Gasteiger partial charge in [-0.3, -0.25) is 4.79 Å². The zero-order chi connectivity index (χ0) is 12.1. The first-order valence-electron chi connectivity index (χ1n) is 4.40. The molecule has 5 nitrogen and oxygen atoms in total. The van der Waals surface area contributed by atoms with E-state index in [0.717, 1.165) is 0 Å². The molecule has 0 saturated heterocycles. The fraction of sp³-hybridized carbons (Fsp3) is 0.222. The third-order valence-corrected chi connectivity index (χ3v) is 2.63. The third-order valence-electron chi connectivity index (χ3n) is 1.70. The largest absolute Gasteiger partial charge is 0.320 e. The van der Waals surface area contributed by atoms with Crippen LogP contribution in [0, 0.1) is 0 Å². The highest BCUT2D eigenvalue weighted by atomic mass is 79.9. The first-order valence-corrected chi connectivity index (χ1v) is 5.98. The number of hydrogen-bond acceptors (Lipinski definition) is 4. The van der Waals surface area contributed by atoms with Gasteiger partial charge in [-0.2, -0.15) is 0 Å². The van der Waals surface area contributed by atoms with Crippen molar-refractivity contribution in [3.05, 3.63) is 28.1 Å². The molecule has 0 aliphatic rings. The maximum Gasteiger partial charge on any atom is 0.242 e. The first kappa shape index (κ1) is 13.3. The molecule has 0 spiro atoms. The van der Waals surface area contributed by atoms with E-state index in [1.165, 1.54) is 6.20 Å². The highest BCUT2D eigenvalue weighted by molar-refractivity contribution is 9.11. The first-order chi connectivity index (χ1) is 7.54. The summed E-state index contributed by atoms with van der Waals surface area (Å²) >= 11 is 6.35. The van der Waals surface area contributed by atoms with Gasteiger partial charge in [0.05, 0.1) is 12.2 Å². The number of carbonyl (C=O) groups is 1. The minimum Gasteiger partial charge on any atom is -0.320 e. The number of carbonyl (C=O) groups excluding carboxylic acids is 1. The average Bonchev–Trinajstić information content (AvgIpc) is 2.22. The smallest absolute Gasteiger partial charge is 0.242 e. The van der Waals surface area contributed by atoms with Crippen LogP contribution in [0.25, 0.3) is 0 Å². The Morgan fingerprint density at radius 3 is 2.94 bits per heavy atom. The predicted octanol–water partition coefficient (Wildman–Crippen LogP) is 1.84. The molecule has 0 bridgehead atoms. The molecule has 0 aliphatic carbocycles. The molecule has 16 heavy (non-hydrogen) atoms. The average molecular weight is 350 g/mol. The van der Waals surface area contributed by atoms with Gasteiger partial charge < -0.3 is 11.1 Å². The highest BCUT2D eigenvalue weighted by Gasteiger charge is 2.14. The van der Waals surface area contributed by atoms with Crippen LogP contribution in [0.5, 0.6) is 0 Å². The molecule has 1 heterocycles. The number of aromatic nitrogens is 2. The minimum atomic E-state index is -0.630. The molecule has 1 unspecified atom stereocenters. The van der Waals surface area contributed by atoms with E-state index in [2.05, 4.69) is 53.7 Å². The van der Waals surface area contributed by atoms with E-state index in [1.54, 1.807) is 6.08 Å². The van der Waals surface area contributed by atoms with Crippen molar-refractivity contribution in [1.82, 2.24) is 9.97 Å². The van der Waals surface area contributed by atoms with E-state index in [9.17, 15) is 4.79 Å². The molecule has 7 heteroatoms. The summed E-state index contributed by atoms with van der Waals surface area (Å²) in [4.78, 5) is 19.6. The number of nitrogens with two attached hydrogens (primary N) is 1. The van der Waals surface area contributed by atoms with Crippen molar-refractivity contribution in [2.24, 2.45) is 5.73 Å². The summed E-state index contributed by atoms with van der Waals surface area (Å²) in [6, 6.07) is -0.630. The van der Waals surface area contributed by atoms with Crippen LogP contribution >= 0.6 is 31.9 Å². The van der Waals surface area contributed by atoms with Gasteiger partial charge in [-0.25, -0.2) is 9.97 Å². The Morgan fingerprint density at radius 2 is 2.38 bits per heavy atom. The quantitative estimate of drug-likeness (QED) is 0.813. The molecule has 0 aromatic carbocycles. The lowest BCUT2D eigenvalue weighted by Gasteiger charge is -2.10. The molecule has 0 aliphatic heterocycles. The maximum absolute atomic E-state index is 11.6. The van der Waals surface area contributed by atoms with Gasteiger partial charge in [0.2, 0.25) is 5.91 Å². The molecule has 1 amide bonds. The van der Waals surface area contributed by atoms with Crippen molar-refractivity contribution in [2.45, 2.75) is 12.5 Å². The van der Waals surface area contributed by atoms with Crippen molar-refractivity contribution in [3.63, 3.8) is 0 Å². The lowest BCUT2D eigenvalue weighted by molar-refractivity contribution is -0.117. The predicted molar refractivity (Wildman–Crippen MR) is 68.9 cm³/mol. The van der Waals surface area contributed by atoms with Crippen LogP contribution in [-0.4, -0.2) is 21.9 Å². The van der Waals surface area contributed by atoms with Crippen molar-refractivity contribution < 1.29 is 4.79 Å². The molecule has 86 valence electrons. The Labute approximate surface area is 110 Å². The van der Waals surface area contributed by atoms with Crippen LogP contribution in [0.1, 0.15) is 6.42 Å². The van der Waals surface area contributed by atoms with Gasteiger partial charge in [0.25, 0.3) is 0 Å². The number of halogens is 2. The van der Waals surface area contributed by atoms with E-state index < -0.39 is 6.04 Å². The molecule has 1 rings (SSSR count). The van der Waals surface area contributed by atoms with Gasteiger partial charge in [0, 0.05) is 0 Å². The van der Waals surface area contributed by atoms with Crippen LogP contribution in [0.15, 0.2) is 28.1 Å². The molecule has 1 atom stereocenters. The minimum absolute atomic E-state index is 0.322. The summed E-state index contributed by atoms with van der Waals surface area (Å²) < 4.78 is 1.02. The molecule has 0 saturated carbocycles. The Kier molecular flexibility index (Phi) is 5.04. The summed E-state index contributed by atoms with van der Waals surface area (Å²) in [5, 5.41) is 2.57. The van der Waals surface area contributed by atoms with Crippen LogP contribution in [0.3, 0.4) is 0 Å². The van der Waals surface area contributed by atoms with E-state index in [1.807, 2.05) is 0 Å². The zero-order valence-corrected chi connectivity index (χ0v) is 11.5. The van der Waals surface area contributed by atoms with Crippen LogP contribution in [-0.2, 0) is 4.79 Å². The molecule has 0 radical (unpaired) electrons. The number of nitrogens with one attached hydrogen (secondary N) is 1. The monoisotopic (exact) mass is 348 g/mol. The van der Waals surface area contributed by atoms with E-state index in [-0.39, 0.29) is 5.91 Å². The normalized spacial score (nSPS) is 11.9. The number of rotatable bonds is 4. The fourth-order valence-electron chi connectivity index (χ4n) is 0.927. The van der Waals surface area contributed by atoms with Gasteiger partial charge in [0.15, 0.2) is 5.82 Å². The van der Waals surface area contributed by atoms with Gasteiger partial charge in [-0.05, 0) is 38.3 Å². The summed E-state index contributed by atoms with van der Waals surface area (Å²) in [6.45, 7) is 3.52. The number of nitrogens with zero attached hydrogens (tertiary/aromatic N) is 2.